The first-order valence-corrected chi connectivity index (χ1v) is 10.7. The van der Waals surface area contributed by atoms with Crippen molar-refractivity contribution in [3.63, 3.8) is 0 Å². The smallest absolute Gasteiger partial charge is 0.251 e. The van der Waals surface area contributed by atoms with E-state index < -0.39 is 22.0 Å². The highest BCUT2D eigenvalue weighted by Gasteiger charge is 2.24. The number of aromatic amines is 1. The Morgan fingerprint density at radius 1 is 1.17 bits per heavy atom. The van der Waals surface area contributed by atoms with E-state index in [2.05, 4.69) is 15.3 Å². The molecule has 0 aliphatic rings. The zero-order valence-corrected chi connectivity index (χ0v) is 18.0. The average molecular weight is 429 g/mol. The fraction of sp³-hybridized carbons (Fsp3) is 0.238. The molecule has 8 nitrogen and oxygen atoms in total. The molecule has 1 unspecified atom stereocenters. The van der Waals surface area contributed by atoms with Crippen molar-refractivity contribution in [1.82, 2.24) is 19.6 Å². The summed E-state index contributed by atoms with van der Waals surface area (Å²) in [6.07, 6.45) is 1.71. The van der Waals surface area contributed by atoms with Crippen LogP contribution in [0, 0.1) is 0 Å². The molecule has 3 aromatic rings. The quantitative estimate of drug-likeness (QED) is 0.602. The maximum absolute atomic E-state index is 12.8. The van der Waals surface area contributed by atoms with Gasteiger partial charge in [-0.25, -0.2) is 17.7 Å². The summed E-state index contributed by atoms with van der Waals surface area (Å²) >= 11 is 0. The SMILES string of the molecule is COc1ccc(C(=O)NC(C)c2ncc(-c3ccccc3)[nH]2)cc1S(=O)(=O)N(C)C. The van der Waals surface area contributed by atoms with Crippen LogP contribution in [0.1, 0.15) is 29.1 Å². The van der Waals surface area contributed by atoms with Gasteiger partial charge in [-0.15, -0.1) is 0 Å². The standard InChI is InChI=1S/C21H24N4O4S/c1-14(20-22-13-17(24-20)15-8-6-5-7-9-15)23-21(26)16-10-11-18(29-4)19(12-16)30(27,28)25(2)3/h5-14H,1-4H3,(H,22,24)(H,23,26). The van der Waals surface area contributed by atoms with Crippen LogP contribution < -0.4 is 10.1 Å². The van der Waals surface area contributed by atoms with Crippen LogP contribution in [-0.4, -0.2) is 49.8 Å². The Bertz CT molecular complexity index is 1140. The molecule has 0 fully saturated rings. The number of carbonyl (C=O) groups excluding carboxylic acids is 1. The van der Waals surface area contributed by atoms with Crippen molar-refractivity contribution in [3.05, 3.63) is 66.1 Å². The number of imidazole rings is 1. The number of rotatable bonds is 7. The van der Waals surface area contributed by atoms with E-state index in [1.807, 2.05) is 30.3 Å². The largest absolute Gasteiger partial charge is 0.495 e. The maximum atomic E-state index is 12.8. The molecule has 0 aliphatic carbocycles. The minimum Gasteiger partial charge on any atom is -0.495 e. The van der Waals surface area contributed by atoms with E-state index in [1.54, 1.807) is 13.1 Å². The monoisotopic (exact) mass is 428 g/mol. The summed E-state index contributed by atoms with van der Waals surface area (Å²) in [6.45, 7) is 1.80. The number of H-pyrrole nitrogens is 1. The molecule has 158 valence electrons. The molecule has 0 bridgehead atoms. The Morgan fingerprint density at radius 3 is 2.50 bits per heavy atom. The molecular weight excluding hydrogens is 404 g/mol. The van der Waals surface area contributed by atoms with Crippen LogP contribution in [0.15, 0.2) is 59.6 Å². The summed E-state index contributed by atoms with van der Waals surface area (Å²) < 4.78 is 31.4. The number of amides is 1. The van der Waals surface area contributed by atoms with Crippen molar-refractivity contribution in [3.8, 4) is 17.0 Å². The highest BCUT2D eigenvalue weighted by atomic mass is 32.2. The number of sulfonamides is 1. The first-order chi connectivity index (χ1) is 14.2. The van der Waals surface area contributed by atoms with E-state index in [4.69, 9.17) is 4.74 Å². The molecule has 1 amide bonds. The van der Waals surface area contributed by atoms with Gasteiger partial charge in [0.15, 0.2) is 0 Å². The highest BCUT2D eigenvalue weighted by Crippen LogP contribution is 2.27. The fourth-order valence-electron chi connectivity index (χ4n) is 2.89. The number of hydrogen-bond acceptors (Lipinski definition) is 5. The summed E-state index contributed by atoms with van der Waals surface area (Å²) in [7, 11) is 0.451. The molecule has 0 spiro atoms. The lowest BCUT2D eigenvalue weighted by Crippen LogP contribution is -2.28. The van der Waals surface area contributed by atoms with E-state index in [0.29, 0.717) is 5.82 Å². The fourth-order valence-corrected chi connectivity index (χ4v) is 3.96. The third kappa shape index (κ3) is 4.37. The number of hydrogen-bond donors (Lipinski definition) is 2. The van der Waals surface area contributed by atoms with Crippen LogP contribution in [0.3, 0.4) is 0 Å². The van der Waals surface area contributed by atoms with Gasteiger partial charge in [0, 0.05) is 19.7 Å². The highest BCUT2D eigenvalue weighted by molar-refractivity contribution is 7.89. The predicted octanol–water partition coefficient (Wildman–Crippen LogP) is 2.83. The molecule has 1 aromatic heterocycles. The van der Waals surface area contributed by atoms with Crippen molar-refractivity contribution in [2.24, 2.45) is 0 Å². The van der Waals surface area contributed by atoms with Crippen LogP contribution in [0.25, 0.3) is 11.3 Å². The zero-order valence-electron chi connectivity index (χ0n) is 17.2. The summed E-state index contributed by atoms with van der Waals surface area (Å²) in [6, 6.07) is 13.6. The first-order valence-electron chi connectivity index (χ1n) is 9.25. The van der Waals surface area contributed by atoms with Crippen LogP contribution in [0.5, 0.6) is 5.75 Å². The Hall–Kier alpha value is -3.17. The first kappa shape index (κ1) is 21.5. The van der Waals surface area contributed by atoms with E-state index in [0.717, 1.165) is 15.6 Å². The number of carbonyl (C=O) groups is 1. The van der Waals surface area contributed by atoms with E-state index in [-0.39, 0.29) is 16.2 Å². The minimum atomic E-state index is -3.77. The minimum absolute atomic E-state index is 0.0698. The summed E-state index contributed by atoms with van der Waals surface area (Å²) in [5.74, 6) is 0.349. The third-order valence-corrected chi connectivity index (χ3v) is 6.46. The lowest BCUT2D eigenvalue weighted by Gasteiger charge is -2.16. The molecule has 0 aliphatic heterocycles. The lowest BCUT2D eigenvalue weighted by molar-refractivity contribution is 0.0938. The zero-order chi connectivity index (χ0) is 21.9. The van der Waals surface area contributed by atoms with Crippen molar-refractivity contribution >= 4 is 15.9 Å². The van der Waals surface area contributed by atoms with Gasteiger partial charge in [-0.1, -0.05) is 30.3 Å². The van der Waals surface area contributed by atoms with Gasteiger partial charge in [0.25, 0.3) is 5.91 Å². The number of benzene rings is 2. The van der Waals surface area contributed by atoms with E-state index in [1.165, 1.54) is 39.4 Å². The van der Waals surface area contributed by atoms with Crippen LogP contribution in [-0.2, 0) is 10.0 Å². The van der Waals surface area contributed by atoms with Gasteiger partial charge in [-0.3, -0.25) is 4.79 Å². The maximum Gasteiger partial charge on any atom is 0.251 e. The van der Waals surface area contributed by atoms with Crippen molar-refractivity contribution in [2.75, 3.05) is 21.2 Å². The van der Waals surface area contributed by atoms with Crippen molar-refractivity contribution < 1.29 is 17.9 Å². The van der Waals surface area contributed by atoms with E-state index in [9.17, 15) is 13.2 Å². The van der Waals surface area contributed by atoms with Gasteiger partial charge in [-0.2, -0.15) is 0 Å². The average Bonchev–Trinajstić information content (AvgIpc) is 3.24. The number of ether oxygens (including phenoxy) is 1. The normalized spacial score (nSPS) is 12.6. The molecule has 1 atom stereocenters. The Balaban J connectivity index is 1.82. The summed E-state index contributed by atoms with van der Waals surface area (Å²) in [5.41, 5.74) is 2.04. The van der Waals surface area contributed by atoms with Crippen LogP contribution >= 0.6 is 0 Å². The third-order valence-electron chi connectivity index (χ3n) is 4.62. The van der Waals surface area contributed by atoms with Crippen LogP contribution in [0.2, 0.25) is 0 Å². The van der Waals surface area contributed by atoms with Gasteiger partial charge in [0.1, 0.15) is 16.5 Å². The molecule has 0 radical (unpaired) electrons. The molecular formula is C21H24N4O4S. The van der Waals surface area contributed by atoms with Crippen molar-refractivity contribution in [2.45, 2.75) is 17.9 Å². The Kier molecular flexibility index (Phi) is 6.23. The second-order valence-electron chi connectivity index (χ2n) is 6.90. The number of nitrogens with zero attached hydrogens (tertiary/aromatic N) is 2. The molecule has 2 N–H and O–H groups in total. The Labute approximate surface area is 176 Å². The number of nitrogens with one attached hydrogen (secondary N) is 2. The molecule has 1 heterocycles. The molecule has 9 heteroatoms. The second-order valence-corrected chi connectivity index (χ2v) is 9.02. The topological polar surface area (TPSA) is 104 Å². The molecule has 30 heavy (non-hydrogen) atoms. The van der Waals surface area contributed by atoms with Gasteiger partial charge in [0.05, 0.1) is 25.0 Å². The molecule has 0 saturated heterocycles. The van der Waals surface area contributed by atoms with Gasteiger partial charge in [-0.05, 0) is 30.7 Å². The summed E-state index contributed by atoms with van der Waals surface area (Å²) in [4.78, 5) is 20.2. The second kappa shape index (κ2) is 8.68. The summed E-state index contributed by atoms with van der Waals surface area (Å²) in [5, 5.41) is 2.84. The van der Waals surface area contributed by atoms with Crippen LogP contribution in [0.4, 0.5) is 0 Å². The lowest BCUT2D eigenvalue weighted by atomic mass is 10.2. The van der Waals surface area contributed by atoms with Crippen molar-refractivity contribution in [1.29, 1.82) is 0 Å². The number of methoxy groups -OCH3 is 1. The van der Waals surface area contributed by atoms with E-state index >= 15 is 0 Å². The van der Waals surface area contributed by atoms with Gasteiger partial charge in [0.2, 0.25) is 10.0 Å². The number of aromatic nitrogens is 2. The molecule has 0 saturated carbocycles. The van der Waals surface area contributed by atoms with Gasteiger partial charge >= 0.3 is 0 Å². The predicted molar refractivity (Wildman–Crippen MR) is 114 cm³/mol. The Morgan fingerprint density at radius 2 is 1.87 bits per heavy atom. The van der Waals surface area contributed by atoms with Gasteiger partial charge < -0.3 is 15.0 Å². The molecule has 2 aromatic carbocycles. The molecule has 3 rings (SSSR count).